The molecule has 0 spiro atoms. The maximum absolute atomic E-state index is 12.8. The predicted molar refractivity (Wildman–Crippen MR) is 103 cm³/mol. The summed E-state index contributed by atoms with van der Waals surface area (Å²) in [4.78, 5) is 17.9. The molecule has 0 atom stereocenters. The van der Waals surface area contributed by atoms with Crippen molar-refractivity contribution >= 4 is 21.8 Å². The Labute approximate surface area is 159 Å². The van der Waals surface area contributed by atoms with Crippen molar-refractivity contribution < 1.29 is 18.3 Å². The molecule has 1 saturated heterocycles. The summed E-state index contributed by atoms with van der Waals surface area (Å²) in [5.74, 6) is -0.231. The van der Waals surface area contributed by atoms with Crippen LogP contribution in [0.4, 0.5) is 5.82 Å². The van der Waals surface area contributed by atoms with Gasteiger partial charge in [0.05, 0.1) is 10.5 Å². The molecule has 1 aliphatic heterocycles. The Hall–Kier alpha value is -2.45. The summed E-state index contributed by atoms with van der Waals surface area (Å²) in [7, 11) is -3.79. The molecular weight excluding hydrogens is 366 g/mol. The summed E-state index contributed by atoms with van der Waals surface area (Å²) in [5.41, 5.74) is 0.853. The van der Waals surface area contributed by atoms with Crippen LogP contribution in [0.15, 0.2) is 41.4 Å². The van der Waals surface area contributed by atoms with E-state index in [0.717, 1.165) is 5.82 Å². The van der Waals surface area contributed by atoms with Crippen molar-refractivity contribution in [3.05, 3.63) is 53.2 Å². The highest BCUT2D eigenvalue weighted by Gasteiger charge is 2.27. The molecule has 2 aromatic rings. The van der Waals surface area contributed by atoms with E-state index in [1.54, 1.807) is 13.1 Å². The Morgan fingerprint density at radius 2 is 1.89 bits per heavy atom. The van der Waals surface area contributed by atoms with E-state index < -0.39 is 16.0 Å². The highest BCUT2D eigenvalue weighted by molar-refractivity contribution is 7.89. The smallest absolute Gasteiger partial charge is 0.336 e. The molecule has 1 fully saturated rings. The summed E-state index contributed by atoms with van der Waals surface area (Å²) in [6.07, 6.45) is 3.06. The molecule has 1 aromatic heterocycles. The second kappa shape index (κ2) is 7.66. The number of hydrogen-bond acceptors (Lipinski definition) is 5. The first kappa shape index (κ1) is 19.3. The Morgan fingerprint density at radius 3 is 2.48 bits per heavy atom. The Kier molecular flexibility index (Phi) is 5.48. The van der Waals surface area contributed by atoms with Crippen molar-refractivity contribution in [2.75, 3.05) is 18.0 Å². The minimum absolute atomic E-state index is 0.0256. The number of aryl methyl sites for hydroxylation is 1. The maximum atomic E-state index is 12.8. The zero-order valence-electron chi connectivity index (χ0n) is 15.3. The Morgan fingerprint density at radius 1 is 1.19 bits per heavy atom. The molecule has 27 heavy (non-hydrogen) atoms. The van der Waals surface area contributed by atoms with Crippen LogP contribution in [0, 0.1) is 13.8 Å². The van der Waals surface area contributed by atoms with Crippen molar-refractivity contribution in [1.29, 1.82) is 0 Å². The minimum Gasteiger partial charge on any atom is -0.478 e. The first-order chi connectivity index (χ1) is 12.8. The number of benzene rings is 1. The van der Waals surface area contributed by atoms with Gasteiger partial charge in [0.15, 0.2) is 0 Å². The number of nitrogens with zero attached hydrogens (tertiary/aromatic N) is 2. The van der Waals surface area contributed by atoms with Crippen LogP contribution >= 0.6 is 0 Å². The predicted octanol–water partition coefficient (Wildman–Crippen LogP) is 2.34. The second-order valence-corrected chi connectivity index (χ2v) is 8.44. The van der Waals surface area contributed by atoms with E-state index in [9.17, 15) is 18.3 Å². The molecular formula is C19H23N3O4S. The highest BCUT2D eigenvalue weighted by Crippen LogP contribution is 2.24. The monoisotopic (exact) mass is 389 g/mol. The lowest BCUT2D eigenvalue weighted by atomic mass is 10.0. The standard InChI is InChI=1S/C19H23N3O4S/c1-13-6-7-16(14(2)18(13)19(23)24)27(25,26)21-15-8-11-22(12-9-15)17-5-3-4-10-20-17/h3-7,10,15,21H,8-9,11-12H2,1-2H3,(H,23,24). The largest absolute Gasteiger partial charge is 0.478 e. The number of anilines is 1. The molecule has 2 heterocycles. The summed E-state index contributed by atoms with van der Waals surface area (Å²) in [5, 5.41) is 9.37. The van der Waals surface area contributed by atoms with Crippen molar-refractivity contribution in [1.82, 2.24) is 9.71 Å². The third kappa shape index (κ3) is 4.12. The lowest BCUT2D eigenvalue weighted by Gasteiger charge is -2.33. The van der Waals surface area contributed by atoms with Gasteiger partial charge >= 0.3 is 5.97 Å². The average molecular weight is 389 g/mol. The molecule has 0 bridgehead atoms. The summed E-state index contributed by atoms with van der Waals surface area (Å²) < 4.78 is 28.4. The quantitative estimate of drug-likeness (QED) is 0.814. The van der Waals surface area contributed by atoms with Gasteiger partial charge < -0.3 is 10.0 Å². The van der Waals surface area contributed by atoms with Crippen LogP contribution < -0.4 is 9.62 Å². The first-order valence-corrected chi connectivity index (χ1v) is 10.3. The number of carboxylic acids is 1. The van der Waals surface area contributed by atoms with E-state index in [1.807, 2.05) is 18.2 Å². The summed E-state index contributed by atoms with van der Waals surface area (Å²) in [6.45, 7) is 4.61. The molecule has 0 radical (unpaired) electrons. The third-order valence-corrected chi connectivity index (χ3v) is 6.58. The molecule has 144 valence electrons. The van der Waals surface area contributed by atoms with Gasteiger partial charge in [0, 0.05) is 25.3 Å². The first-order valence-electron chi connectivity index (χ1n) is 8.81. The normalized spacial score (nSPS) is 15.7. The number of rotatable bonds is 5. The fourth-order valence-corrected chi connectivity index (χ4v) is 5.05. The molecule has 1 aromatic carbocycles. The molecule has 0 unspecified atom stereocenters. The number of aromatic carboxylic acids is 1. The topological polar surface area (TPSA) is 99.6 Å². The second-order valence-electron chi connectivity index (χ2n) is 6.76. The van der Waals surface area contributed by atoms with E-state index >= 15 is 0 Å². The van der Waals surface area contributed by atoms with Gasteiger partial charge in [0.25, 0.3) is 0 Å². The fraction of sp³-hybridized carbons (Fsp3) is 0.368. The zero-order chi connectivity index (χ0) is 19.6. The van der Waals surface area contributed by atoms with Crippen LogP contribution in [-0.2, 0) is 10.0 Å². The molecule has 2 N–H and O–H groups in total. The van der Waals surface area contributed by atoms with Gasteiger partial charge in [-0.05, 0) is 56.0 Å². The third-order valence-electron chi connectivity index (χ3n) is 4.92. The molecule has 7 nitrogen and oxygen atoms in total. The van der Waals surface area contributed by atoms with E-state index in [2.05, 4.69) is 14.6 Å². The molecule has 0 amide bonds. The lowest BCUT2D eigenvalue weighted by Crippen LogP contribution is -2.45. The number of sulfonamides is 1. The van der Waals surface area contributed by atoms with E-state index in [-0.39, 0.29) is 22.1 Å². The van der Waals surface area contributed by atoms with Crippen molar-refractivity contribution in [2.24, 2.45) is 0 Å². The fourth-order valence-electron chi connectivity index (χ4n) is 3.50. The number of piperidine rings is 1. The van der Waals surface area contributed by atoms with E-state index in [4.69, 9.17) is 0 Å². The van der Waals surface area contributed by atoms with Gasteiger partial charge in [-0.2, -0.15) is 0 Å². The van der Waals surface area contributed by atoms with Gasteiger partial charge in [-0.25, -0.2) is 22.9 Å². The zero-order valence-corrected chi connectivity index (χ0v) is 16.2. The molecule has 3 rings (SSSR count). The van der Waals surface area contributed by atoms with E-state index in [0.29, 0.717) is 31.5 Å². The van der Waals surface area contributed by atoms with Crippen LogP contribution in [0.1, 0.15) is 34.3 Å². The van der Waals surface area contributed by atoms with Crippen LogP contribution in [0.2, 0.25) is 0 Å². The number of carbonyl (C=O) groups is 1. The van der Waals surface area contributed by atoms with Crippen LogP contribution in [0.5, 0.6) is 0 Å². The SMILES string of the molecule is Cc1ccc(S(=O)(=O)NC2CCN(c3ccccn3)CC2)c(C)c1C(=O)O. The van der Waals surface area contributed by atoms with Crippen molar-refractivity contribution in [3.63, 3.8) is 0 Å². The average Bonchev–Trinajstić information content (AvgIpc) is 2.62. The van der Waals surface area contributed by atoms with Crippen LogP contribution in [-0.4, -0.2) is 43.6 Å². The number of nitrogens with one attached hydrogen (secondary N) is 1. The number of hydrogen-bond donors (Lipinski definition) is 2. The van der Waals surface area contributed by atoms with Gasteiger partial charge in [-0.15, -0.1) is 0 Å². The van der Waals surface area contributed by atoms with Gasteiger partial charge in [-0.3, -0.25) is 0 Å². The molecule has 8 heteroatoms. The number of pyridine rings is 1. The highest BCUT2D eigenvalue weighted by atomic mass is 32.2. The van der Waals surface area contributed by atoms with Crippen molar-refractivity contribution in [2.45, 2.75) is 37.6 Å². The number of carboxylic acid groups (broad SMARTS) is 1. The summed E-state index contributed by atoms with van der Waals surface area (Å²) in [6, 6.07) is 8.55. The Bertz CT molecular complexity index is 937. The molecule has 0 saturated carbocycles. The lowest BCUT2D eigenvalue weighted by molar-refractivity contribution is 0.0695. The van der Waals surface area contributed by atoms with E-state index in [1.165, 1.54) is 19.1 Å². The van der Waals surface area contributed by atoms with Gasteiger partial charge in [-0.1, -0.05) is 12.1 Å². The van der Waals surface area contributed by atoms with Gasteiger partial charge in [0.2, 0.25) is 10.0 Å². The van der Waals surface area contributed by atoms with Crippen LogP contribution in [0.3, 0.4) is 0 Å². The van der Waals surface area contributed by atoms with Gasteiger partial charge in [0.1, 0.15) is 5.82 Å². The van der Waals surface area contributed by atoms with Crippen molar-refractivity contribution in [3.8, 4) is 0 Å². The molecule has 0 aliphatic carbocycles. The van der Waals surface area contributed by atoms with Crippen LogP contribution in [0.25, 0.3) is 0 Å². The minimum atomic E-state index is -3.79. The summed E-state index contributed by atoms with van der Waals surface area (Å²) >= 11 is 0. The Balaban J connectivity index is 1.73. The number of aromatic nitrogens is 1. The molecule has 1 aliphatic rings. The maximum Gasteiger partial charge on any atom is 0.336 e.